The van der Waals surface area contributed by atoms with Crippen LogP contribution in [0, 0.1) is 0 Å². The van der Waals surface area contributed by atoms with Gasteiger partial charge in [0, 0.05) is 12.1 Å². The van der Waals surface area contributed by atoms with E-state index in [0.29, 0.717) is 0 Å². The Morgan fingerprint density at radius 1 is 1.11 bits per heavy atom. The average molecular weight is 269 g/mol. The van der Waals surface area contributed by atoms with Gasteiger partial charge in [0.15, 0.2) is 0 Å². The summed E-state index contributed by atoms with van der Waals surface area (Å²) in [6.07, 6.45) is 8.09. The Labute approximate surface area is 120 Å². The molecule has 1 fully saturated rings. The molecule has 1 rings (SSSR count). The third kappa shape index (κ3) is 6.73. The molecule has 3 heteroatoms. The van der Waals surface area contributed by atoms with E-state index in [-0.39, 0.29) is 0 Å². The zero-order valence-electron chi connectivity index (χ0n) is 13.6. The number of hydrogen-bond acceptors (Lipinski definition) is 3. The molecule has 0 radical (unpaired) electrons. The van der Waals surface area contributed by atoms with Crippen molar-refractivity contribution in [1.29, 1.82) is 0 Å². The fourth-order valence-corrected chi connectivity index (χ4v) is 3.22. The molecule has 3 nitrogen and oxygen atoms in total. The predicted molar refractivity (Wildman–Crippen MR) is 84.8 cm³/mol. The van der Waals surface area contributed by atoms with Crippen LogP contribution in [0.5, 0.6) is 0 Å². The van der Waals surface area contributed by atoms with Crippen LogP contribution in [0.25, 0.3) is 0 Å². The minimum absolute atomic E-state index is 0.765. The third-order valence-corrected chi connectivity index (χ3v) is 4.30. The lowest BCUT2D eigenvalue weighted by atomic mass is 9.89. The molecule has 0 aromatic carbocycles. The van der Waals surface area contributed by atoms with E-state index in [1.165, 1.54) is 64.7 Å². The molecule has 2 atom stereocenters. The first-order valence-corrected chi connectivity index (χ1v) is 8.29. The summed E-state index contributed by atoms with van der Waals surface area (Å²) in [4.78, 5) is 5.00. The second kappa shape index (κ2) is 9.73. The fraction of sp³-hybridized carbons (Fsp3) is 1.00. The highest BCUT2D eigenvalue weighted by atomic mass is 15.2. The Morgan fingerprint density at radius 3 is 2.53 bits per heavy atom. The Bertz CT molecular complexity index is 218. The maximum Gasteiger partial charge on any atom is 0.0110 e. The van der Waals surface area contributed by atoms with Crippen LogP contribution in [0.1, 0.15) is 52.4 Å². The van der Waals surface area contributed by atoms with Crippen LogP contribution in [-0.2, 0) is 0 Å². The molecule has 1 N–H and O–H groups in total. The second-order valence-electron chi connectivity index (χ2n) is 6.26. The summed E-state index contributed by atoms with van der Waals surface area (Å²) in [7, 11) is 4.34. The minimum Gasteiger partial charge on any atom is -0.314 e. The molecule has 0 spiro atoms. The van der Waals surface area contributed by atoms with E-state index in [0.717, 1.165) is 12.1 Å². The van der Waals surface area contributed by atoms with E-state index in [4.69, 9.17) is 0 Å². The Morgan fingerprint density at radius 2 is 1.89 bits per heavy atom. The summed E-state index contributed by atoms with van der Waals surface area (Å²) < 4.78 is 0. The number of nitrogens with one attached hydrogen (secondary N) is 1. The maximum atomic E-state index is 3.72. The monoisotopic (exact) mass is 269 g/mol. The lowest BCUT2D eigenvalue weighted by Gasteiger charge is -2.37. The molecule has 0 aliphatic heterocycles. The molecule has 19 heavy (non-hydrogen) atoms. The molecule has 114 valence electrons. The van der Waals surface area contributed by atoms with Gasteiger partial charge in [-0.05, 0) is 72.4 Å². The van der Waals surface area contributed by atoms with E-state index in [9.17, 15) is 0 Å². The highest BCUT2D eigenvalue weighted by molar-refractivity contribution is 4.83. The van der Waals surface area contributed by atoms with Crippen molar-refractivity contribution in [3.63, 3.8) is 0 Å². The van der Waals surface area contributed by atoms with E-state index in [1.807, 2.05) is 0 Å². The van der Waals surface area contributed by atoms with Gasteiger partial charge in [-0.3, -0.25) is 0 Å². The van der Waals surface area contributed by atoms with Gasteiger partial charge in [-0.2, -0.15) is 0 Å². The van der Waals surface area contributed by atoms with Crippen LogP contribution >= 0.6 is 0 Å². The molecule has 0 aromatic heterocycles. The summed E-state index contributed by atoms with van der Waals surface area (Å²) in [5, 5.41) is 3.72. The maximum absolute atomic E-state index is 3.72. The first kappa shape index (κ1) is 16.9. The van der Waals surface area contributed by atoms with Crippen molar-refractivity contribution in [2.75, 3.05) is 40.3 Å². The van der Waals surface area contributed by atoms with Crippen molar-refractivity contribution in [3.05, 3.63) is 0 Å². The molecule has 0 aromatic rings. The van der Waals surface area contributed by atoms with Gasteiger partial charge in [0.25, 0.3) is 0 Å². The van der Waals surface area contributed by atoms with Crippen molar-refractivity contribution in [2.45, 2.75) is 64.5 Å². The topological polar surface area (TPSA) is 18.5 Å². The highest BCUT2D eigenvalue weighted by Gasteiger charge is 2.25. The van der Waals surface area contributed by atoms with Crippen LogP contribution < -0.4 is 5.32 Å². The average Bonchev–Trinajstić information content (AvgIpc) is 2.41. The minimum atomic E-state index is 0.765. The van der Waals surface area contributed by atoms with Crippen LogP contribution in [0.4, 0.5) is 0 Å². The van der Waals surface area contributed by atoms with Crippen LogP contribution in [-0.4, -0.2) is 62.2 Å². The van der Waals surface area contributed by atoms with Gasteiger partial charge in [0.05, 0.1) is 0 Å². The molecular weight excluding hydrogens is 234 g/mol. The van der Waals surface area contributed by atoms with Crippen molar-refractivity contribution in [3.8, 4) is 0 Å². The lowest BCUT2D eigenvalue weighted by molar-refractivity contribution is 0.140. The molecule has 1 aliphatic rings. The number of nitrogens with zero attached hydrogens (tertiary/aromatic N) is 2. The zero-order chi connectivity index (χ0) is 14.1. The van der Waals surface area contributed by atoms with E-state index in [2.05, 4.69) is 43.1 Å². The fourth-order valence-electron chi connectivity index (χ4n) is 3.22. The van der Waals surface area contributed by atoms with Crippen LogP contribution in [0.15, 0.2) is 0 Å². The van der Waals surface area contributed by atoms with Gasteiger partial charge < -0.3 is 15.1 Å². The summed E-state index contributed by atoms with van der Waals surface area (Å²) in [5.74, 6) is 0. The normalized spacial score (nSPS) is 24.3. The van der Waals surface area contributed by atoms with Gasteiger partial charge >= 0.3 is 0 Å². The summed E-state index contributed by atoms with van der Waals surface area (Å²) in [6.45, 7) is 9.44. The van der Waals surface area contributed by atoms with Crippen molar-refractivity contribution in [1.82, 2.24) is 15.1 Å². The van der Waals surface area contributed by atoms with Gasteiger partial charge in [-0.25, -0.2) is 0 Å². The second-order valence-corrected chi connectivity index (χ2v) is 6.26. The van der Waals surface area contributed by atoms with Gasteiger partial charge in [0.2, 0.25) is 0 Å². The Hall–Kier alpha value is -0.120. The largest absolute Gasteiger partial charge is 0.314 e. The molecule has 2 unspecified atom stereocenters. The first-order chi connectivity index (χ1) is 9.17. The number of hydrogen-bond donors (Lipinski definition) is 1. The first-order valence-electron chi connectivity index (χ1n) is 8.29. The summed E-state index contributed by atoms with van der Waals surface area (Å²) in [6, 6.07) is 1.58. The standard InChI is InChI=1S/C16H35N3/c1-5-11-17-15-9-7-10-16(14-15)19(6-2)13-8-12-18(3)4/h15-17H,5-14H2,1-4H3. The molecule has 0 heterocycles. The van der Waals surface area contributed by atoms with E-state index < -0.39 is 0 Å². The van der Waals surface area contributed by atoms with E-state index >= 15 is 0 Å². The smallest absolute Gasteiger partial charge is 0.0110 e. The lowest BCUT2D eigenvalue weighted by Crippen LogP contribution is -2.45. The molecule has 0 amide bonds. The Kier molecular flexibility index (Phi) is 8.67. The quantitative estimate of drug-likeness (QED) is 0.694. The zero-order valence-corrected chi connectivity index (χ0v) is 13.6. The molecule has 1 saturated carbocycles. The third-order valence-electron chi connectivity index (χ3n) is 4.30. The van der Waals surface area contributed by atoms with Gasteiger partial charge in [-0.15, -0.1) is 0 Å². The van der Waals surface area contributed by atoms with Crippen molar-refractivity contribution >= 4 is 0 Å². The van der Waals surface area contributed by atoms with E-state index in [1.54, 1.807) is 0 Å². The Balaban J connectivity index is 2.32. The van der Waals surface area contributed by atoms with Crippen molar-refractivity contribution in [2.24, 2.45) is 0 Å². The molecular formula is C16H35N3. The number of rotatable bonds is 9. The van der Waals surface area contributed by atoms with Gasteiger partial charge in [-0.1, -0.05) is 20.3 Å². The molecule has 1 aliphatic carbocycles. The van der Waals surface area contributed by atoms with Crippen molar-refractivity contribution < 1.29 is 0 Å². The van der Waals surface area contributed by atoms with Gasteiger partial charge in [0.1, 0.15) is 0 Å². The predicted octanol–water partition coefficient (Wildman–Crippen LogP) is 2.57. The van der Waals surface area contributed by atoms with Crippen LogP contribution in [0.3, 0.4) is 0 Å². The summed E-state index contributed by atoms with van der Waals surface area (Å²) in [5.41, 5.74) is 0. The molecule has 0 bridgehead atoms. The summed E-state index contributed by atoms with van der Waals surface area (Å²) >= 11 is 0. The molecule has 0 saturated heterocycles. The van der Waals surface area contributed by atoms with Crippen LogP contribution in [0.2, 0.25) is 0 Å². The highest BCUT2D eigenvalue weighted by Crippen LogP contribution is 2.23. The SMILES string of the molecule is CCCNC1CCCC(N(CC)CCCN(C)C)C1.